The third-order valence-electron chi connectivity index (χ3n) is 4.86. The van der Waals surface area contributed by atoms with Crippen LogP contribution in [0.15, 0.2) is 0 Å². The predicted molar refractivity (Wildman–Crippen MR) is 154 cm³/mol. The van der Waals surface area contributed by atoms with Gasteiger partial charge >= 0.3 is 5.97 Å². The number of carbonyl (C=O) groups is 1. The van der Waals surface area contributed by atoms with Gasteiger partial charge in [0, 0.05) is 6.61 Å². The van der Waals surface area contributed by atoms with E-state index >= 15 is 0 Å². The van der Waals surface area contributed by atoms with Crippen molar-refractivity contribution in [2.24, 2.45) is 0 Å². The van der Waals surface area contributed by atoms with Gasteiger partial charge in [-0.1, -0.05) is 13.3 Å². The van der Waals surface area contributed by atoms with Crippen LogP contribution in [0.2, 0.25) is 0 Å². The van der Waals surface area contributed by atoms with Crippen molar-refractivity contribution in [3.63, 3.8) is 0 Å². The molecule has 0 heterocycles. The molecule has 0 saturated carbocycles. The van der Waals surface area contributed by atoms with Gasteiger partial charge in [0.2, 0.25) is 0 Å². The van der Waals surface area contributed by atoms with Crippen molar-refractivity contribution in [1.82, 2.24) is 0 Å². The van der Waals surface area contributed by atoms with Crippen molar-refractivity contribution in [3.8, 4) is 0 Å². The summed E-state index contributed by atoms with van der Waals surface area (Å²) < 4.78 is 59.6. The zero-order valence-corrected chi connectivity index (χ0v) is 26.2. The lowest BCUT2D eigenvalue weighted by Crippen LogP contribution is -2.24. The number of unbranched alkanes of at least 4 members (excludes halogenated alkanes) is 1. The summed E-state index contributed by atoms with van der Waals surface area (Å²) in [7, 11) is 0. The number of ether oxygens (including phenoxy) is 11. The Labute approximate surface area is 247 Å². The van der Waals surface area contributed by atoms with Crippen molar-refractivity contribution < 1.29 is 56.9 Å². The molecule has 0 rings (SSSR count). The van der Waals surface area contributed by atoms with Gasteiger partial charge in [0.15, 0.2) is 0 Å². The number of carbonyl (C=O) groups excluding carboxylic acids is 1. The molecule has 0 aliphatic rings. The van der Waals surface area contributed by atoms with Crippen LogP contribution < -0.4 is 0 Å². The zero-order chi connectivity index (χ0) is 30.1. The van der Waals surface area contributed by atoms with Gasteiger partial charge in [-0.15, -0.1) is 0 Å². The highest BCUT2D eigenvalue weighted by Gasteiger charge is 2.15. The molecule has 0 spiro atoms. The largest absolute Gasteiger partial charge is 0.460 e. The topological polar surface area (TPSA) is 119 Å². The number of hydrogen-bond donors (Lipinski definition) is 0. The molecule has 0 bridgehead atoms. The van der Waals surface area contributed by atoms with E-state index in [2.05, 4.69) is 6.92 Å². The van der Waals surface area contributed by atoms with E-state index in [9.17, 15) is 4.79 Å². The molecule has 0 aromatic rings. The van der Waals surface area contributed by atoms with Crippen LogP contribution in [-0.2, 0) is 56.9 Å². The normalized spacial score (nSPS) is 11.8. The first kappa shape index (κ1) is 40.1. The molecule has 0 saturated heterocycles. The smallest absolute Gasteiger partial charge is 0.308 e. The van der Waals surface area contributed by atoms with E-state index in [0.717, 1.165) is 19.4 Å². The van der Waals surface area contributed by atoms with Crippen LogP contribution in [-0.4, -0.2) is 144 Å². The molecule has 0 aromatic heterocycles. The number of esters is 1. The fourth-order valence-corrected chi connectivity index (χ4v) is 2.88. The zero-order valence-electron chi connectivity index (χ0n) is 26.2. The van der Waals surface area contributed by atoms with Crippen molar-refractivity contribution in [3.05, 3.63) is 0 Å². The molecule has 0 radical (unpaired) electrons. The minimum absolute atomic E-state index is 0.236. The highest BCUT2D eigenvalue weighted by Crippen LogP contribution is 2.08. The maximum Gasteiger partial charge on any atom is 0.308 e. The van der Waals surface area contributed by atoms with Gasteiger partial charge in [0.1, 0.15) is 5.60 Å². The predicted octanol–water partition coefficient (Wildman–Crippen LogP) is 2.68. The molecule has 246 valence electrons. The molecule has 0 aliphatic heterocycles. The molecule has 0 amide bonds. The van der Waals surface area contributed by atoms with Crippen LogP contribution in [0, 0.1) is 0 Å². The van der Waals surface area contributed by atoms with E-state index in [-0.39, 0.29) is 12.4 Å². The summed E-state index contributed by atoms with van der Waals surface area (Å²) in [6.45, 7) is 18.1. The Morgan fingerprint density at radius 2 is 0.659 bits per heavy atom. The van der Waals surface area contributed by atoms with E-state index in [1.54, 1.807) is 0 Å². The first-order valence-corrected chi connectivity index (χ1v) is 14.9. The van der Waals surface area contributed by atoms with Crippen LogP contribution in [0.5, 0.6) is 0 Å². The first-order valence-electron chi connectivity index (χ1n) is 14.9. The van der Waals surface area contributed by atoms with Crippen LogP contribution in [0.3, 0.4) is 0 Å². The summed E-state index contributed by atoms with van der Waals surface area (Å²) in [6.07, 6.45) is 2.47. The van der Waals surface area contributed by atoms with Gasteiger partial charge < -0.3 is 52.1 Å². The highest BCUT2D eigenvalue weighted by atomic mass is 16.6. The summed E-state index contributed by atoms with van der Waals surface area (Å²) in [5.74, 6) is -0.262. The van der Waals surface area contributed by atoms with E-state index in [1.807, 2.05) is 20.8 Å². The molecule has 12 nitrogen and oxygen atoms in total. The quantitative estimate of drug-likeness (QED) is 0.0816. The fraction of sp³-hybridized carbons (Fsp3) is 0.966. The third-order valence-corrected chi connectivity index (χ3v) is 4.86. The monoisotopic (exact) mass is 598 g/mol. The summed E-state index contributed by atoms with van der Waals surface area (Å²) in [4.78, 5) is 11.5. The average molecular weight is 599 g/mol. The second-order valence-electron chi connectivity index (χ2n) is 9.81. The maximum atomic E-state index is 11.5. The minimum atomic E-state index is -0.469. The van der Waals surface area contributed by atoms with Crippen LogP contribution in [0.25, 0.3) is 0 Å². The van der Waals surface area contributed by atoms with E-state index in [0.29, 0.717) is 126 Å². The molecule has 12 heteroatoms. The molecule has 0 N–H and O–H groups in total. The van der Waals surface area contributed by atoms with E-state index in [4.69, 9.17) is 52.1 Å². The summed E-state index contributed by atoms with van der Waals surface area (Å²) in [5, 5.41) is 0. The average Bonchev–Trinajstić information content (AvgIpc) is 2.92. The Bertz CT molecular complexity index is 530. The minimum Gasteiger partial charge on any atom is -0.460 e. The van der Waals surface area contributed by atoms with Gasteiger partial charge in [0.25, 0.3) is 0 Å². The SMILES string of the molecule is CCCCOCCOCCOCCOCCOCCOCCOCCOCCOCCOCCC(=O)OC(C)(C)C. The highest BCUT2D eigenvalue weighted by molar-refractivity contribution is 5.69. The first-order chi connectivity index (χ1) is 20.0. The lowest BCUT2D eigenvalue weighted by Gasteiger charge is -2.19. The molecule has 0 atom stereocenters. The Morgan fingerprint density at radius 1 is 0.415 bits per heavy atom. The summed E-state index contributed by atoms with van der Waals surface area (Å²) in [6, 6.07) is 0. The van der Waals surface area contributed by atoms with Crippen molar-refractivity contribution >= 4 is 5.97 Å². The number of hydrogen-bond acceptors (Lipinski definition) is 12. The Balaban J connectivity index is 3.09. The number of rotatable bonds is 33. The summed E-state index contributed by atoms with van der Waals surface area (Å²) in [5.41, 5.74) is -0.469. The van der Waals surface area contributed by atoms with Crippen LogP contribution >= 0.6 is 0 Å². The van der Waals surface area contributed by atoms with Gasteiger partial charge in [-0.05, 0) is 27.2 Å². The molecule has 41 heavy (non-hydrogen) atoms. The van der Waals surface area contributed by atoms with Crippen LogP contribution in [0.4, 0.5) is 0 Å². The Morgan fingerprint density at radius 3 is 0.902 bits per heavy atom. The van der Waals surface area contributed by atoms with E-state index < -0.39 is 5.60 Å². The molecule has 0 fully saturated rings. The van der Waals surface area contributed by atoms with Crippen LogP contribution in [0.1, 0.15) is 47.0 Å². The maximum absolute atomic E-state index is 11.5. The van der Waals surface area contributed by atoms with Crippen molar-refractivity contribution in [2.45, 2.75) is 52.6 Å². The van der Waals surface area contributed by atoms with Gasteiger partial charge in [-0.2, -0.15) is 0 Å². The second-order valence-corrected chi connectivity index (χ2v) is 9.81. The molecular weight excluding hydrogens is 540 g/mol. The van der Waals surface area contributed by atoms with Crippen molar-refractivity contribution in [2.75, 3.05) is 132 Å². The standard InChI is InChI=1S/C29H58O12/c1-5-6-8-31-10-12-33-14-16-35-18-20-37-22-24-39-26-27-40-25-23-38-21-19-36-17-15-34-13-11-32-9-7-28(30)41-29(2,3)4/h5-27H2,1-4H3. The Hall–Kier alpha value is -0.930. The van der Waals surface area contributed by atoms with Gasteiger partial charge in [0.05, 0.1) is 132 Å². The second kappa shape index (κ2) is 32.0. The van der Waals surface area contributed by atoms with Crippen molar-refractivity contribution in [1.29, 1.82) is 0 Å². The summed E-state index contributed by atoms with van der Waals surface area (Å²) >= 11 is 0. The lowest BCUT2D eigenvalue weighted by atomic mass is 10.2. The van der Waals surface area contributed by atoms with Gasteiger partial charge in [-0.25, -0.2) is 0 Å². The van der Waals surface area contributed by atoms with Gasteiger partial charge in [-0.3, -0.25) is 4.79 Å². The molecular formula is C29H58O12. The molecule has 0 aliphatic carbocycles. The molecule has 0 aromatic carbocycles. The molecule has 0 unspecified atom stereocenters. The third kappa shape index (κ3) is 37.0. The Kier molecular flexibility index (Phi) is 31.3. The fourth-order valence-electron chi connectivity index (χ4n) is 2.88. The van der Waals surface area contributed by atoms with E-state index in [1.165, 1.54) is 0 Å². The lowest BCUT2D eigenvalue weighted by molar-refractivity contribution is -0.156.